The smallest absolute Gasteiger partial charge is 0.0899 e. The highest BCUT2D eigenvalue weighted by molar-refractivity contribution is 5.74. The van der Waals surface area contributed by atoms with Crippen molar-refractivity contribution < 1.29 is 0 Å². The zero-order chi connectivity index (χ0) is 12.2. The van der Waals surface area contributed by atoms with Crippen molar-refractivity contribution in [1.82, 2.24) is 15.0 Å². The Balaban J connectivity index is 1.99. The molecular formula is C15H9N3. The van der Waals surface area contributed by atoms with Crippen molar-refractivity contribution in [3.8, 4) is 11.8 Å². The Bertz CT molecular complexity index is 740. The van der Waals surface area contributed by atoms with Crippen LogP contribution in [-0.4, -0.2) is 15.0 Å². The van der Waals surface area contributed by atoms with Gasteiger partial charge in [0.15, 0.2) is 0 Å². The predicted molar refractivity (Wildman–Crippen MR) is 69.8 cm³/mol. The monoisotopic (exact) mass is 231 g/mol. The van der Waals surface area contributed by atoms with Gasteiger partial charge in [-0.25, -0.2) is 0 Å². The fraction of sp³-hybridized carbons (Fsp3) is 0. The molecule has 18 heavy (non-hydrogen) atoms. The van der Waals surface area contributed by atoms with Gasteiger partial charge in [0.05, 0.1) is 11.0 Å². The second-order valence-corrected chi connectivity index (χ2v) is 3.75. The van der Waals surface area contributed by atoms with E-state index >= 15 is 0 Å². The Morgan fingerprint density at radius 3 is 2.50 bits per heavy atom. The summed E-state index contributed by atoms with van der Waals surface area (Å²) >= 11 is 0. The van der Waals surface area contributed by atoms with Crippen molar-refractivity contribution >= 4 is 11.0 Å². The van der Waals surface area contributed by atoms with E-state index in [2.05, 4.69) is 26.8 Å². The number of rotatable bonds is 0. The van der Waals surface area contributed by atoms with E-state index in [9.17, 15) is 0 Å². The van der Waals surface area contributed by atoms with Crippen molar-refractivity contribution in [2.45, 2.75) is 0 Å². The lowest BCUT2D eigenvalue weighted by atomic mass is 10.2. The van der Waals surface area contributed by atoms with Gasteiger partial charge in [0, 0.05) is 35.9 Å². The molecule has 0 saturated carbocycles. The number of aromatic nitrogens is 3. The molecule has 3 heterocycles. The first-order valence-corrected chi connectivity index (χ1v) is 5.55. The average molecular weight is 231 g/mol. The van der Waals surface area contributed by atoms with Crippen molar-refractivity contribution in [2.75, 3.05) is 0 Å². The molecule has 0 aliphatic rings. The van der Waals surface area contributed by atoms with Crippen LogP contribution in [0.2, 0.25) is 0 Å². The zero-order valence-corrected chi connectivity index (χ0v) is 9.54. The molecular weight excluding hydrogens is 222 g/mol. The van der Waals surface area contributed by atoms with Crippen molar-refractivity contribution in [2.24, 2.45) is 0 Å². The first kappa shape index (κ1) is 10.4. The van der Waals surface area contributed by atoms with E-state index in [1.165, 1.54) is 0 Å². The summed E-state index contributed by atoms with van der Waals surface area (Å²) in [6, 6.07) is 9.50. The molecule has 0 radical (unpaired) electrons. The molecule has 0 aliphatic heterocycles. The Labute approximate surface area is 105 Å². The maximum Gasteiger partial charge on any atom is 0.0899 e. The second-order valence-electron chi connectivity index (χ2n) is 3.75. The minimum atomic E-state index is 0.859. The number of fused-ring (bicyclic) bond motifs is 1. The fourth-order valence-electron chi connectivity index (χ4n) is 1.60. The van der Waals surface area contributed by atoms with Gasteiger partial charge in [-0.2, -0.15) is 0 Å². The number of pyridine rings is 3. The van der Waals surface area contributed by atoms with Crippen molar-refractivity contribution in [1.29, 1.82) is 0 Å². The summed E-state index contributed by atoms with van der Waals surface area (Å²) in [5, 5.41) is 0. The molecule has 0 N–H and O–H groups in total. The molecule has 0 fully saturated rings. The quantitative estimate of drug-likeness (QED) is 0.558. The summed E-state index contributed by atoms with van der Waals surface area (Å²) in [5.74, 6) is 6.14. The third-order valence-electron chi connectivity index (χ3n) is 2.48. The summed E-state index contributed by atoms with van der Waals surface area (Å²) in [4.78, 5) is 12.5. The van der Waals surface area contributed by atoms with Crippen LogP contribution in [0.1, 0.15) is 11.1 Å². The van der Waals surface area contributed by atoms with Crippen molar-refractivity contribution in [3.05, 3.63) is 66.2 Å². The molecule has 84 valence electrons. The lowest BCUT2D eigenvalue weighted by molar-refractivity contribution is 1.32. The van der Waals surface area contributed by atoms with E-state index < -0.39 is 0 Å². The number of nitrogens with zero attached hydrogens (tertiary/aromatic N) is 3. The highest BCUT2D eigenvalue weighted by atomic mass is 14.7. The molecule has 0 atom stereocenters. The Morgan fingerprint density at radius 1 is 0.778 bits per heavy atom. The number of hydrogen-bond donors (Lipinski definition) is 0. The SMILES string of the molecule is C(#Cc1cnc2cccnc2c1)c1ccncc1. The van der Waals surface area contributed by atoms with E-state index in [1.54, 1.807) is 24.8 Å². The Morgan fingerprint density at radius 2 is 1.61 bits per heavy atom. The van der Waals surface area contributed by atoms with Gasteiger partial charge in [-0.15, -0.1) is 0 Å². The first-order chi connectivity index (χ1) is 8.92. The summed E-state index contributed by atoms with van der Waals surface area (Å²) < 4.78 is 0. The van der Waals surface area contributed by atoms with Gasteiger partial charge in [-0.05, 0) is 30.3 Å². The highest BCUT2D eigenvalue weighted by Gasteiger charge is 1.95. The maximum absolute atomic E-state index is 4.32. The van der Waals surface area contributed by atoms with E-state index in [0.717, 1.165) is 22.2 Å². The topological polar surface area (TPSA) is 38.7 Å². The molecule has 0 amide bonds. The van der Waals surface area contributed by atoms with Crippen LogP contribution in [0.4, 0.5) is 0 Å². The Hall–Kier alpha value is -2.73. The highest BCUT2D eigenvalue weighted by Crippen LogP contribution is 2.09. The van der Waals surface area contributed by atoms with Crippen LogP contribution in [0, 0.1) is 11.8 Å². The zero-order valence-electron chi connectivity index (χ0n) is 9.54. The molecule has 0 saturated heterocycles. The molecule has 0 unspecified atom stereocenters. The van der Waals surface area contributed by atoms with Crippen LogP contribution < -0.4 is 0 Å². The normalized spacial score (nSPS) is 9.78. The lowest BCUT2D eigenvalue weighted by Gasteiger charge is -1.95. The van der Waals surface area contributed by atoms with E-state index in [4.69, 9.17) is 0 Å². The third kappa shape index (κ3) is 2.18. The molecule has 3 rings (SSSR count). The minimum absolute atomic E-state index is 0.859. The van der Waals surface area contributed by atoms with Gasteiger partial charge in [0.25, 0.3) is 0 Å². The van der Waals surface area contributed by atoms with Gasteiger partial charge < -0.3 is 0 Å². The van der Waals surface area contributed by atoms with Crippen LogP contribution in [0.25, 0.3) is 11.0 Å². The Kier molecular flexibility index (Phi) is 2.69. The third-order valence-corrected chi connectivity index (χ3v) is 2.48. The molecule has 0 spiro atoms. The van der Waals surface area contributed by atoms with Gasteiger partial charge in [-0.1, -0.05) is 11.8 Å². The van der Waals surface area contributed by atoms with Gasteiger partial charge in [0.1, 0.15) is 0 Å². The first-order valence-electron chi connectivity index (χ1n) is 5.55. The van der Waals surface area contributed by atoms with Crippen LogP contribution in [-0.2, 0) is 0 Å². The molecule has 0 aliphatic carbocycles. The molecule has 3 nitrogen and oxygen atoms in total. The van der Waals surface area contributed by atoms with Crippen molar-refractivity contribution in [3.63, 3.8) is 0 Å². The van der Waals surface area contributed by atoms with Gasteiger partial charge in [-0.3, -0.25) is 15.0 Å². The molecule has 0 bridgehead atoms. The van der Waals surface area contributed by atoms with Gasteiger partial charge in [0.2, 0.25) is 0 Å². The standard InChI is InChI=1S/C15H9N3/c1-2-14-15(17-7-1)10-13(11-18-14)4-3-12-5-8-16-9-6-12/h1-2,5-11H. The fourth-order valence-corrected chi connectivity index (χ4v) is 1.60. The average Bonchev–Trinajstić information content (AvgIpc) is 2.46. The minimum Gasteiger partial charge on any atom is -0.265 e. The van der Waals surface area contributed by atoms with Crippen LogP contribution in [0.3, 0.4) is 0 Å². The predicted octanol–water partition coefficient (Wildman–Crippen LogP) is 2.42. The maximum atomic E-state index is 4.32. The van der Waals surface area contributed by atoms with Crippen LogP contribution in [0.5, 0.6) is 0 Å². The molecule has 3 aromatic rings. The van der Waals surface area contributed by atoms with Gasteiger partial charge >= 0.3 is 0 Å². The van der Waals surface area contributed by atoms with Crippen LogP contribution >= 0.6 is 0 Å². The summed E-state index contributed by atoms with van der Waals surface area (Å²) in [6.07, 6.45) is 6.97. The molecule has 0 aromatic carbocycles. The van der Waals surface area contributed by atoms with E-state index in [0.29, 0.717) is 0 Å². The van der Waals surface area contributed by atoms with E-state index in [1.807, 2.05) is 30.3 Å². The molecule has 3 heteroatoms. The summed E-state index contributed by atoms with van der Waals surface area (Å²) in [7, 11) is 0. The van der Waals surface area contributed by atoms with E-state index in [-0.39, 0.29) is 0 Å². The molecule has 3 aromatic heterocycles. The lowest BCUT2D eigenvalue weighted by Crippen LogP contribution is -1.84. The van der Waals surface area contributed by atoms with Crippen LogP contribution in [0.15, 0.2) is 55.1 Å². The second kappa shape index (κ2) is 4.64. The largest absolute Gasteiger partial charge is 0.265 e. The summed E-state index contributed by atoms with van der Waals surface area (Å²) in [5.41, 5.74) is 3.54. The summed E-state index contributed by atoms with van der Waals surface area (Å²) in [6.45, 7) is 0. The number of hydrogen-bond acceptors (Lipinski definition) is 3.